The lowest BCUT2D eigenvalue weighted by atomic mass is 9.97. The molecule has 3 N–H and O–H groups in total. The molecule has 4 heteroatoms. The predicted octanol–water partition coefficient (Wildman–Crippen LogP) is 1.78. The predicted molar refractivity (Wildman–Crippen MR) is 72.9 cm³/mol. The van der Waals surface area contributed by atoms with Gasteiger partial charge in [-0.2, -0.15) is 0 Å². The second-order valence-corrected chi connectivity index (χ2v) is 4.74. The van der Waals surface area contributed by atoms with Gasteiger partial charge in [-0.05, 0) is 25.0 Å². The first-order valence-electron chi connectivity index (χ1n) is 6.11. The molecule has 0 aliphatic carbocycles. The molecule has 18 heavy (non-hydrogen) atoms. The first-order valence-corrected chi connectivity index (χ1v) is 6.11. The number of hydrogen-bond donors (Lipinski definition) is 2. The van der Waals surface area contributed by atoms with Crippen molar-refractivity contribution >= 4 is 0 Å². The first kappa shape index (κ1) is 12.8. The van der Waals surface area contributed by atoms with Crippen molar-refractivity contribution in [2.24, 2.45) is 12.9 Å². The van der Waals surface area contributed by atoms with E-state index in [-0.39, 0.29) is 6.04 Å². The largest absolute Gasteiger partial charge is 0.338 e. The van der Waals surface area contributed by atoms with Crippen molar-refractivity contribution in [2.75, 3.05) is 0 Å². The third-order valence-corrected chi connectivity index (χ3v) is 3.31. The maximum absolute atomic E-state index is 5.69. The van der Waals surface area contributed by atoms with Gasteiger partial charge in [-0.1, -0.05) is 23.8 Å². The van der Waals surface area contributed by atoms with E-state index in [0.717, 1.165) is 12.2 Å². The van der Waals surface area contributed by atoms with Crippen molar-refractivity contribution in [1.29, 1.82) is 0 Å². The van der Waals surface area contributed by atoms with Crippen molar-refractivity contribution in [2.45, 2.75) is 26.3 Å². The molecule has 1 atom stereocenters. The number of rotatable bonds is 4. The fourth-order valence-electron chi connectivity index (χ4n) is 2.25. The highest BCUT2D eigenvalue weighted by molar-refractivity contribution is 5.33. The van der Waals surface area contributed by atoms with Crippen LogP contribution in [0.25, 0.3) is 0 Å². The zero-order valence-corrected chi connectivity index (χ0v) is 11.1. The average molecular weight is 244 g/mol. The Morgan fingerprint density at radius 2 is 2.17 bits per heavy atom. The number of nitrogens with one attached hydrogen (secondary N) is 1. The fourth-order valence-corrected chi connectivity index (χ4v) is 2.25. The number of aryl methyl sites for hydroxylation is 3. The van der Waals surface area contributed by atoms with Crippen LogP contribution in [0.15, 0.2) is 30.6 Å². The minimum Gasteiger partial charge on any atom is -0.338 e. The minimum atomic E-state index is 0.0895. The van der Waals surface area contributed by atoms with Crippen molar-refractivity contribution in [3.8, 4) is 0 Å². The summed E-state index contributed by atoms with van der Waals surface area (Å²) in [4.78, 5) is 4.34. The lowest BCUT2D eigenvalue weighted by molar-refractivity contribution is 0.528. The van der Waals surface area contributed by atoms with E-state index >= 15 is 0 Å². The highest BCUT2D eigenvalue weighted by Gasteiger charge is 2.15. The molecule has 1 heterocycles. The summed E-state index contributed by atoms with van der Waals surface area (Å²) in [7, 11) is 2.00. The Bertz CT molecular complexity index is 530. The van der Waals surface area contributed by atoms with Gasteiger partial charge in [0.05, 0.1) is 6.04 Å². The summed E-state index contributed by atoms with van der Waals surface area (Å²) in [6.45, 7) is 4.21. The van der Waals surface area contributed by atoms with Crippen molar-refractivity contribution in [1.82, 2.24) is 15.0 Å². The summed E-state index contributed by atoms with van der Waals surface area (Å²) >= 11 is 0. The van der Waals surface area contributed by atoms with Gasteiger partial charge in [-0.25, -0.2) is 4.98 Å². The van der Waals surface area contributed by atoms with Gasteiger partial charge in [0.15, 0.2) is 0 Å². The zero-order chi connectivity index (χ0) is 13.1. The molecule has 0 radical (unpaired) electrons. The van der Waals surface area contributed by atoms with E-state index in [9.17, 15) is 0 Å². The molecule has 0 saturated carbocycles. The van der Waals surface area contributed by atoms with Crippen LogP contribution >= 0.6 is 0 Å². The Hall–Kier alpha value is -1.65. The van der Waals surface area contributed by atoms with E-state index in [4.69, 9.17) is 5.84 Å². The number of imidazole rings is 1. The molecule has 0 amide bonds. The number of benzene rings is 1. The standard InChI is InChI=1S/C14H20N4/c1-10-4-5-12(11(2)8-10)13(17-15)9-14-16-6-7-18(14)3/h4-8,13,17H,9,15H2,1-3H3. The van der Waals surface area contributed by atoms with Gasteiger partial charge in [-0.15, -0.1) is 0 Å². The summed E-state index contributed by atoms with van der Waals surface area (Å²) < 4.78 is 2.02. The number of hydrazine groups is 1. The molecular formula is C14H20N4. The summed E-state index contributed by atoms with van der Waals surface area (Å²) in [6, 6.07) is 6.52. The smallest absolute Gasteiger partial charge is 0.110 e. The van der Waals surface area contributed by atoms with Crippen LogP contribution in [0.5, 0.6) is 0 Å². The highest BCUT2D eigenvalue weighted by atomic mass is 15.2. The second kappa shape index (κ2) is 5.33. The summed E-state index contributed by atoms with van der Waals surface area (Å²) in [5.74, 6) is 6.72. The van der Waals surface area contributed by atoms with E-state index < -0.39 is 0 Å². The van der Waals surface area contributed by atoms with Crippen LogP contribution in [0.1, 0.15) is 28.6 Å². The van der Waals surface area contributed by atoms with Gasteiger partial charge < -0.3 is 4.57 Å². The maximum Gasteiger partial charge on any atom is 0.110 e. The third kappa shape index (κ3) is 2.60. The molecule has 1 unspecified atom stereocenters. The van der Waals surface area contributed by atoms with Crippen LogP contribution in [0.3, 0.4) is 0 Å². The van der Waals surface area contributed by atoms with E-state index in [1.165, 1.54) is 16.7 Å². The minimum absolute atomic E-state index is 0.0895. The number of nitrogens with two attached hydrogens (primary N) is 1. The Labute approximate surface area is 108 Å². The topological polar surface area (TPSA) is 55.9 Å². The van der Waals surface area contributed by atoms with Crippen LogP contribution < -0.4 is 11.3 Å². The molecule has 2 rings (SSSR count). The number of hydrogen-bond acceptors (Lipinski definition) is 3. The number of nitrogens with zero attached hydrogens (tertiary/aromatic N) is 2. The highest BCUT2D eigenvalue weighted by Crippen LogP contribution is 2.21. The Kier molecular flexibility index (Phi) is 3.79. The van der Waals surface area contributed by atoms with Crippen molar-refractivity contribution < 1.29 is 0 Å². The molecule has 4 nitrogen and oxygen atoms in total. The van der Waals surface area contributed by atoms with E-state index in [1.807, 2.05) is 24.0 Å². The van der Waals surface area contributed by atoms with Gasteiger partial charge in [0.2, 0.25) is 0 Å². The van der Waals surface area contributed by atoms with Gasteiger partial charge >= 0.3 is 0 Å². The van der Waals surface area contributed by atoms with Gasteiger partial charge in [0.1, 0.15) is 5.82 Å². The Morgan fingerprint density at radius 3 is 2.72 bits per heavy atom. The van der Waals surface area contributed by atoms with Crippen LogP contribution in [-0.2, 0) is 13.5 Å². The molecule has 1 aromatic carbocycles. The molecule has 0 aliphatic heterocycles. The molecule has 96 valence electrons. The monoisotopic (exact) mass is 244 g/mol. The summed E-state index contributed by atoms with van der Waals surface area (Å²) in [5.41, 5.74) is 6.64. The van der Waals surface area contributed by atoms with E-state index in [2.05, 4.69) is 42.5 Å². The van der Waals surface area contributed by atoms with E-state index in [1.54, 1.807) is 0 Å². The van der Waals surface area contributed by atoms with Crippen LogP contribution in [-0.4, -0.2) is 9.55 Å². The fraction of sp³-hybridized carbons (Fsp3) is 0.357. The molecule has 1 aromatic heterocycles. The average Bonchev–Trinajstić information content (AvgIpc) is 2.73. The molecular weight excluding hydrogens is 224 g/mol. The Morgan fingerprint density at radius 1 is 1.39 bits per heavy atom. The molecule has 0 saturated heterocycles. The summed E-state index contributed by atoms with van der Waals surface area (Å²) in [5, 5.41) is 0. The second-order valence-electron chi connectivity index (χ2n) is 4.74. The maximum atomic E-state index is 5.69. The normalized spacial score (nSPS) is 12.7. The quantitative estimate of drug-likeness (QED) is 0.637. The molecule has 0 bridgehead atoms. The van der Waals surface area contributed by atoms with Crippen molar-refractivity contribution in [3.05, 3.63) is 53.1 Å². The molecule has 0 fully saturated rings. The van der Waals surface area contributed by atoms with Crippen molar-refractivity contribution in [3.63, 3.8) is 0 Å². The first-order chi connectivity index (χ1) is 8.61. The third-order valence-electron chi connectivity index (χ3n) is 3.31. The molecule has 2 aromatic rings. The lowest BCUT2D eigenvalue weighted by Gasteiger charge is -2.18. The SMILES string of the molecule is Cc1ccc(C(Cc2nccn2C)NN)c(C)c1. The van der Waals surface area contributed by atoms with Crippen LogP contribution in [0, 0.1) is 13.8 Å². The van der Waals surface area contributed by atoms with Gasteiger partial charge in [-0.3, -0.25) is 11.3 Å². The summed E-state index contributed by atoms with van der Waals surface area (Å²) in [6.07, 6.45) is 4.54. The van der Waals surface area contributed by atoms with Gasteiger partial charge in [0.25, 0.3) is 0 Å². The zero-order valence-electron chi connectivity index (χ0n) is 11.1. The lowest BCUT2D eigenvalue weighted by Crippen LogP contribution is -2.30. The van der Waals surface area contributed by atoms with Gasteiger partial charge in [0, 0.05) is 25.9 Å². The molecule has 0 spiro atoms. The van der Waals surface area contributed by atoms with Crippen LogP contribution in [0.4, 0.5) is 0 Å². The van der Waals surface area contributed by atoms with E-state index in [0.29, 0.717) is 0 Å². The Balaban J connectivity index is 2.26. The number of aromatic nitrogens is 2. The van der Waals surface area contributed by atoms with Crippen LogP contribution in [0.2, 0.25) is 0 Å². The molecule has 0 aliphatic rings.